The van der Waals surface area contributed by atoms with Crippen LogP contribution in [-0.2, 0) is 11.3 Å². The van der Waals surface area contributed by atoms with E-state index >= 15 is 0 Å². The zero-order chi connectivity index (χ0) is 26.5. The van der Waals surface area contributed by atoms with Gasteiger partial charge in [0.15, 0.2) is 0 Å². The van der Waals surface area contributed by atoms with E-state index in [2.05, 4.69) is 33.1 Å². The highest BCUT2D eigenvalue weighted by Crippen LogP contribution is 2.34. The lowest BCUT2D eigenvalue weighted by Crippen LogP contribution is -2.46. The summed E-state index contributed by atoms with van der Waals surface area (Å²) in [4.78, 5) is 37.6. The molecule has 7 rings (SSSR count). The number of ether oxygens (including phenoxy) is 1. The summed E-state index contributed by atoms with van der Waals surface area (Å²) in [6, 6.07) is 13.2. The van der Waals surface area contributed by atoms with Gasteiger partial charge in [-0.05, 0) is 31.5 Å². The number of aromatic nitrogens is 4. The van der Waals surface area contributed by atoms with Crippen LogP contribution < -0.4 is 10.2 Å². The number of likely N-dealkylation sites (tertiary alicyclic amines) is 1. The summed E-state index contributed by atoms with van der Waals surface area (Å²) in [5.74, 6) is 2.23. The van der Waals surface area contributed by atoms with Gasteiger partial charge in [0.2, 0.25) is 5.95 Å². The molecule has 0 unspecified atom stereocenters. The molecule has 2 bridgehead atoms. The predicted molar refractivity (Wildman–Crippen MR) is 151 cm³/mol. The third-order valence-electron chi connectivity index (χ3n) is 7.78. The fourth-order valence-corrected chi connectivity index (χ4v) is 6.79. The first-order chi connectivity index (χ1) is 19.0. The van der Waals surface area contributed by atoms with Crippen molar-refractivity contribution in [1.82, 2.24) is 29.7 Å². The fraction of sp³-hybridized carbons (Fsp3) is 0.393. The number of cyclic esters (lactones) is 1. The molecule has 2 atom stereocenters. The van der Waals surface area contributed by atoms with Crippen molar-refractivity contribution in [2.24, 2.45) is 0 Å². The van der Waals surface area contributed by atoms with Crippen LogP contribution in [0.1, 0.15) is 24.6 Å². The Morgan fingerprint density at radius 2 is 2.03 bits per heavy atom. The van der Waals surface area contributed by atoms with Crippen LogP contribution in [0.15, 0.2) is 42.6 Å². The number of rotatable bonds is 7. The lowest BCUT2D eigenvalue weighted by molar-refractivity contribution is 0.157. The van der Waals surface area contributed by atoms with Gasteiger partial charge in [-0.2, -0.15) is 4.98 Å². The monoisotopic (exact) mass is 542 g/mol. The van der Waals surface area contributed by atoms with Gasteiger partial charge in [0, 0.05) is 61.3 Å². The number of carbonyl (C=O) groups is 1. The largest absolute Gasteiger partial charge is 0.448 e. The van der Waals surface area contributed by atoms with Gasteiger partial charge in [-0.15, -0.1) is 11.3 Å². The molecule has 6 heterocycles. The van der Waals surface area contributed by atoms with Crippen molar-refractivity contribution >= 4 is 45.2 Å². The van der Waals surface area contributed by atoms with Crippen molar-refractivity contribution in [3.63, 3.8) is 0 Å². The molecule has 1 amide bonds. The number of anilines is 3. The van der Waals surface area contributed by atoms with E-state index < -0.39 is 0 Å². The van der Waals surface area contributed by atoms with Crippen LogP contribution in [-0.4, -0.2) is 80.7 Å². The highest BCUT2D eigenvalue weighted by Gasteiger charge is 2.43. The molecule has 11 heteroatoms. The lowest BCUT2D eigenvalue weighted by Gasteiger charge is -2.33. The number of benzene rings is 1. The van der Waals surface area contributed by atoms with E-state index in [0.717, 1.165) is 63.4 Å². The molecule has 0 radical (unpaired) electrons. The Kier molecular flexibility index (Phi) is 6.04. The number of nitrogens with one attached hydrogen (secondary N) is 1. The number of piperazine rings is 1. The molecule has 39 heavy (non-hydrogen) atoms. The van der Waals surface area contributed by atoms with Gasteiger partial charge >= 0.3 is 6.09 Å². The van der Waals surface area contributed by atoms with Crippen molar-refractivity contribution < 1.29 is 9.53 Å². The van der Waals surface area contributed by atoms with E-state index in [1.807, 2.05) is 43.5 Å². The molecular weight excluding hydrogens is 512 g/mol. The van der Waals surface area contributed by atoms with Crippen LogP contribution in [0.3, 0.4) is 0 Å². The highest BCUT2D eigenvalue weighted by molar-refractivity contribution is 7.21. The Bertz CT molecular complexity index is 1560. The van der Waals surface area contributed by atoms with E-state index in [0.29, 0.717) is 37.6 Å². The molecule has 0 saturated carbocycles. The summed E-state index contributed by atoms with van der Waals surface area (Å²) < 4.78 is 6.07. The molecule has 200 valence electrons. The van der Waals surface area contributed by atoms with E-state index in [4.69, 9.17) is 19.7 Å². The van der Waals surface area contributed by atoms with Gasteiger partial charge in [-0.25, -0.2) is 19.7 Å². The minimum atomic E-state index is -0.256. The zero-order valence-corrected chi connectivity index (χ0v) is 22.8. The maximum Gasteiger partial charge on any atom is 0.410 e. The van der Waals surface area contributed by atoms with Gasteiger partial charge in [-0.3, -0.25) is 4.90 Å². The maximum atomic E-state index is 11.8. The van der Waals surface area contributed by atoms with Crippen molar-refractivity contribution in [3.8, 4) is 10.6 Å². The number of fused-ring (bicyclic) bond motifs is 3. The van der Waals surface area contributed by atoms with Gasteiger partial charge in [-0.1, -0.05) is 25.1 Å². The second-order valence-corrected chi connectivity index (χ2v) is 11.4. The Morgan fingerprint density at radius 1 is 1.10 bits per heavy atom. The Labute approximate surface area is 230 Å². The maximum absolute atomic E-state index is 11.8. The minimum absolute atomic E-state index is 0.256. The lowest BCUT2D eigenvalue weighted by atomic mass is 10.1. The first-order valence-electron chi connectivity index (χ1n) is 13.4. The summed E-state index contributed by atoms with van der Waals surface area (Å²) in [7, 11) is 0. The molecule has 1 aromatic carbocycles. The number of carbonyl (C=O) groups excluding carboxylic acids is 1. The number of likely N-dealkylation sites (N-methyl/N-ethyl adjacent to an activating group) is 1. The Hall–Kier alpha value is -3.83. The molecule has 0 spiro atoms. The summed E-state index contributed by atoms with van der Waals surface area (Å²) in [6.07, 6.45) is 2.79. The summed E-state index contributed by atoms with van der Waals surface area (Å²) in [5.41, 5.74) is 3.88. The van der Waals surface area contributed by atoms with Gasteiger partial charge < -0.3 is 19.9 Å². The molecule has 0 aliphatic carbocycles. The van der Waals surface area contributed by atoms with Gasteiger partial charge in [0.25, 0.3) is 0 Å². The van der Waals surface area contributed by atoms with Crippen LogP contribution in [0.5, 0.6) is 0 Å². The van der Waals surface area contributed by atoms with Crippen molar-refractivity contribution in [2.75, 3.05) is 43.0 Å². The summed E-state index contributed by atoms with van der Waals surface area (Å²) >= 11 is 1.60. The molecule has 1 N–H and O–H groups in total. The second kappa shape index (κ2) is 9.73. The predicted octanol–water partition coefficient (Wildman–Crippen LogP) is 4.44. The fourth-order valence-electron chi connectivity index (χ4n) is 5.88. The molecule has 3 aromatic heterocycles. The average molecular weight is 543 g/mol. The van der Waals surface area contributed by atoms with Gasteiger partial charge in [0.05, 0.1) is 16.8 Å². The zero-order valence-electron chi connectivity index (χ0n) is 22.0. The second-order valence-electron chi connectivity index (χ2n) is 10.4. The molecular formula is C28H30N8O2S. The third kappa shape index (κ3) is 4.65. The number of nitrogens with zero attached hydrogens (tertiary/aromatic N) is 7. The molecule has 3 saturated heterocycles. The summed E-state index contributed by atoms with van der Waals surface area (Å²) in [5, 5.41) is 4.30. The third-order valence-corrected chi connectivity index (χ3v) is 8.84. The molecule has 4 aromatic rings. The number of pyridine rings is 1. The average Bonchev–Trinajstić information content (AvgIpc) is 3.72. The van der Waals surface area contributed by atoms with Crippen LogP contribution >= 0.6 is 11.3 Å². The summed E-state index contributed by atoms with van der Waals surface area (Å²) in [6.45, 7) is 9.01. The Morgan fingerprint density at radius 3 is 2.82 bits per heavy atom. The number of hydrogen-bond donors (Lipinski definition) is 1. The number of aryl methyl sites for hydroxylation is 1. The van der Waals surface area contributed by atoms with Crippen LogP contribution in [0, 0.1) is 6.92 Å². The quantitative estimate of drug-likeness (QED) is 0.363. The van der Waals surface area contributed by atoms with Crippen molar-refractivity contribution in [2.45, 2.75) is 38.9 Å². The number of hydrogen-bond acceptors (Lipinski definition) is 10. The molecule has 3 fully saturated rings. The first kappa shape index (κ1) is 24.2. The molecule has 10 nitrogen and oxygen atoms in total. The van der Waals surface area contributed by atoms with Crippen molar-refractivity contribution in [3.05, 3.63) is 53.9 Å². The standard InChI is InChI=1S/C28H30N8O2S/c1-3-34-15-21-11-20(34)16-36(21)27-30-17(2)9-25(33-27)32-24-12-22-23(13-29-24)39-26(31-22)19-6-4-5-18(10-19)14-35-7-8-38-28(35)37/h4-6,9-10,12-13,20-21H,3,7-8,11,14-16H2,1-2H3,(H,29,30,32,33)/t20-,21-/m0/s1. The Balaban J connectivity index is 1.10. The number of amides is 1. The highest BCUT2D eigenvalue weighted by atomic mass is 32.1. The van der Waals surface area contributed by atoms with E-state index in [1.165, 1.54) is 6.42 Å². The molecule has 3 aliphatic heterocycles. The van der Waals surface area contributed by atoms with E-state index in [1.54, 1.807) is 16.2 Å². The topological polar surface area (TPSA) is 99.6 Å². The number of thiazole rings is 1. The van der Waals surface area contributed by atoms with Crippen molar-refractivity contribution in [1.29, 1.82) is 0 Å². The normalized spacial score (nSPS) is 20.8. The van der Waals surface area contributed by atoms with Crippen LogP contribution in [0.4, 0.5) is 22.4 Å². The molecule has 3 aliphatic rings. The SMILES string of the molecule is CCN1C[C@@H]2C[C@H]1CN2c1nc(C)cc(Nc2cc3nc(-c4cccc(CN5CCOC5=O)c4)sc3cn2)n1. The van der Waals surface area contributed by atoms with Gasteiger partial charge in [0.1, 0.15) is 23.3 Å². The van der Waals surface area contributed by atoms with Crippen LogP contribution in [0.2, 0.25) is 0 Å². The smallest absolute Gasteiger partial charge is 0.410 e. The van der Waals surface area contributed by atoms with E-state index in [-0.39, 0.29) is 6.09 Å². The van der Waals surface area contributed by atoms with Crippen LogP contribution in [0.25, 0.3) is 20.8 Å². The van der Waals surface area contributed by atoms with E-state index in [9.17, 15) is 4.79 Å². The minimum Gasteiger partial charge on any atom is -0.448 e. The first-order valence-corrected chi connectivity index (χ1v) is 14.2.